The largest absolute Gasteiger partial charge is 0.392 e. The van der Waals surface area contributed by atoms with Crippen LogP contribution >= 0.6 is 15.9 Å². The first-order valence-electron chi connectivity index (χ1n) is 4.70. The molecular formula is C10H14BrNO5. The smallest absolute Gasteiger partial charge is 0.319 e. The van der Waals surface area contributed by atoms with Gasteiger partial charge in [0.1, 0.15) is 13.2 Å². The number of nitro groups is 1. The van der Waals surface area contributed by atoms with Crippen molar-refractivity contribution >= 4 is 15.9 Å². The van der Waals surface area contributed by atoms with Gasteiger partial charge < -0.3 is 15.3 Å². The second-order valence-corrected chi connectivity index (χ2v) is 4.61. The molecule has 3 N–H and O–H groups in total. The average Bonchev–Trinajstić information content (AvgIpc) is 2.39. The van der Waals surface area contributed by atoms with Crippen LogP contribution in [0.4, 0.5) is 0 Å². The van der Waals surface area contributed by atoms with Gasteiger partial charge >= 0.3 is 4.45 Å². The zero-order valence-electron chi connectivity index (χ0n) is 8.99. The highest BCUT2D eigenvalue weighted by Crippen LogP contribution is 2.15. The van der Waals surface area contributed by atoms with Crippen molar-refractivity contribution in [3.05, 3.63) is 46.0 Å². The number of halogens is 1. The van der Waals surface area contributed by atoms with Crippen LogP contribution in [0.5, 0.6) is 0 Å². The topological polar surface area (TPSA) is 104 Å². The molecule has 0 bridgehead atoms. The van der Waals surface area contributed by atoms with E-state index in [4.69, 9.17) is 15.3 Å². The maximum atomic E-state index is 9.92. The fourth-order valence-electron chi connectivity index (χ4n) is 0.749. The highest BCUT2D eigenvalue weighted by atomic mass is 79.9. The van der Waals surface area contributed by atoms with E-state index in [2.05, 4.69) is 15.9 Å². The number of benzene rings is 1. The zero-order valence-corrected chi connectivity index (χ0v) is 10.6. The highest BCUT2D eigenvalue weighted by Gasteiger charge is 2.38. The maximum absolute atomic E-state index is 9.92. The Morgan fingerprint density at radius 2 is 1.65 bits per heavy atom. The Kier molecular flexibility index (Phi) is 7.64. The Labute approximate surface area is 107 Å². The van der Waals surface area contributed by atoms with Gasteiger partial charge in [-0.15, -0.1) is 0 Å². The lowest BCUT2D eigenvalue weighted by atomic mass is 10.2. The molecule has 0 saturated heterocycles. The third-order valence-electron chi connectivity index (χ3n) is 1.84. The first-order valence-corrected chi connectivity index (χ1v) is 5.49. The molecule has 0 aliphatic heterocycles. The maximum Gasteiger partial charge on any atom is 0.319 e. The molecule has 17 heavy (non-hydrogen) atoms. The SMILES string of the molecule is O=[N+]([O-])C(Br)(CO)CO.OCc1ccccc1. The lowest BCUT2D eigenvalue weighted by Crippen LogP contribution is -2.39. The van der Waals surface area contributed by atoms with Crippen molar-refractivity contribution in [3.8, 4) is 0 Å². The standard InChI is InChI=1S/C7H8O.C3H6BrNO4/c8-6-7-4-2-1-3-5-7;4-3(1-6,2-7)5(8)9/h1-5,8H,6H2;6-7H,1-2H2. The minimum Gasteiger partial charge on any atom is -0.392 e. The summed E-state index contributed by atoms with van der Waals surface area (Å²) in [6.45, 7) is -1.31. The predicted molar refractivity (Wildman–Crippen MR) is 65.2 cm³/mol. The van der Waals surface area contributed by atoms with Crippen LogP contribution in [0, 0.1) is 10.1 Å². The number of hydrogen-bond donors (Lipinski definition) is 3. The van der Waals surface area contributed by atoms with Gasteiger partial charge in [0.15, 0.2) is 0 Å². The van der Waals surface area contributed by atoms with E-state index >= 15 is 0 Å². The molecule has 0 aliphatic rings. The lowest BCUT2D eigenvalue weighted by molar-refractivity contribution is -0.542. The minimum atomic E-state index is -1.77. The van der Waals surface area contributed by atoms with Crippen molar-refractivity contribution in [2.24, 2.45) is 0 Å². The van der Waals surface area contributed by atoms with Crippen molar-refractivity contribution in [1.82, 2.24) is 0 Å². The van der Waals surface area contributed by atoms with Crippen molar-refractivity contribution < 1.29 is 20.2 Å². The zero-order chi connectivity index (χ0) is 13.3. The van der Waals surface area contributed by atoms with Gasteiger partial charge in [0, 0.05) is 20.9 Å². The fourth-order valence-corrected chi connectivity index (χ4v) is 0.749. The Morgan fingerprint density at radius 1 is 1.18 bits per heavy atom. The lowest BCUT2D eigenvalue weighted by Gasteiger charge is -2.11. The molecule has 7 heteroatoms. The summed E-state index contributed by atoms with van der Waals surface area (Å²) in [5.41, 5.74) is 0.965. The van der Waals surface area contributed by atoms with Gasteiger partial charge in [-0.25, -0.2) is 0 Å². The van der Waals surface area contributed by atoms with Gasteiger partial charge in [0.05, 0.1) is 6.61 Å². The molecule has 0 unspecified atom stereocenters. The molecule has 1 aromatic rings. The Bertz CT molecular complexity index is 329. The molecule has 0 aliphatic carbocycles. The molecular weight excluding hydrogens is 294 g/mol. The van der Waals surface area contributed by atoms with E-state index in [0.29, 0.717) is 0 Å². The monoisotopic (exact) mass is 307 g/mol. The first kappa shape index (κ1) is 16.0. The van der Waals surface area contributed by atoms with Crippen LogP contribution in [-0.2, 0) is 6.61 Å². The summed E-state index contributed by atoms with van der Waals surface area (Å²) >= 11 is 2.55. The van der Waals surface area contributed by atoms with Crippen molar-refractivity contribution in [2.75, 3.05) is 13.2 Å². The molecule has 1 rings (SSSR count). The molecule has 0 radical (unpaired) electrons. The molecule has 1 aromatic carbocycles. The van der Waals surface area contributed by atoms with E-state index in [1.165, 1.54) is 0 Å². The first-order chi connectivity index (χ1) is 8.00. The Morgan fingerprint density at radius 3 is 1.82 bits per heavy atom. The summed E-state index contributed by atoms with van der Waals surface area (Å²) in [6.07, 6.45) is 0. The van der Waals surface area contributed by atoms with E-state index in [-0.39, 0.29) is 6.61 Å². The summed E-state index contributed by atoms with van der Waals surface area (Å²) in [6, 6.07) is 9.52. The molecule has 0 fully saturated rings. The molecule has 0 aromatic heterocycles. The molecule has 0 spiro atoms. The minimum absolute atomic E-state index is 0.140. The number of hydrogen-bond acceptors (Lipinski definition) is 5. The van der Waals surface area contributed by atoms with E-state index in [0.717, 1.165) is 5.56 Å². The number of rotatable bonds is 4. The second kappa shape index (κ2) is 8.13. The van der Waals surface area contributed by atoms with Crippen molar-refractivity contribution in [2.45, 2.75) is 11.1 Å². The van der Waals surface area contributed by atoms with Gasteiger partial charge in [0.25, 0.3) is 0 Å². The summed E-state index contributed by atoms with van der Waals surface area (Å²) in [4.78, 5) is 9.14. The van der Waals surface area contributed by atoms with Crippen LogP contribution in [0.1, 0.15) is 5.56 Å². The van der Waals surface area contributed by atoms with E-state index in [1.807, 2.05) is 30.3 Å². The Hall–Kier alpha value is -1.02. The van der Waals surface area contributed by atoms with Crippen molar-refractivity contribution in [3.63, 3.8) is 0 Å². The van der Waals surface area contributed by atoms with Gasteiger partial charge in [-0.2, -0.15) is 0 Å². The number of alkyl halides is 1. The van der Waals surface area contributed by atoms with Crippen LogP contribution in [0.15, 0.2) is 30.3 Å². The van der Waals surface area contributed by atoms with Gasteiger partial charge in [-0.3, -0.25) is 10.1 Å². The normalized spacial score (nSPS) is 10.4. The van der Waals surface area contributed by atoms with Crippen molar-refractivity contribution in [1.29, 1.82) is 0 Å². The summed E-state index contributed by atoms with van der Waals surface area (Å²) in [5.74, 6) is 0. The molecule has 0 saturated carbocycles. The number of aliphatic hydroxyl groups is 3. The molecule has 6 nitrogen and oxygen atoms in total. The quantitative estimate of drug-likeness (QED) is 0.325. The molecule has 0 amide bonds. The molecule has 0 heterocycles. The summed E-state index contributed by atoms with van der Waals surface area (Å²) in [5, 5.41) is 35.1. The number of nitrogens with zero attached hydrogens (tertiary/aromatic N) is 1. The fraction of sp³-hybridized carbons (Fsp3) is 0.400. The van der Waals surface area contributed by atoms with Crippen LogP contribution in [0.3, 0.4) is 0 Å². The third kappa shape index (κ3) is 5.73. The van der Waals surface area contributed by atoms with Gasteiger partial charge in [-0.05, 0) is 5.56 Å². The van der Waals surface area contributed by atoms with Crippen LogP contribution in [0.25, 0.3) is 0 Å². The molecule has 0 atom stereocenters. The predicted octanol–water partition coefficient (Wildman–Crippen LogP) is 0.518. The second-order valence-electron chi connectivity index (χ2n) is 3.14. The van der Waals surface area contributed by atoms with Crippen LogP contribution in [-0.4, -0.2) is 37.9 Å². The van der Waals surface area contributed by atoms with E-state index < -0.39 is 22.6 Å². The Balaban J connectivity index is 0.000000302. The van der Waals surface area contributed by atoms with E-state index in [9.17, 15) is 10.1 Å². The summed E-state index contributed by atoms with van der Waals surface area (Å²) < 4.78 is -1.77. The third-order valence-corrected chi connectivity index (χ3v) is 2.63. The summed E-state index contributed by atoms with van der Waals surface area (Å²) in [7, 11) is 0. The van der Waals surface area contributed by atoms with Crippen LogP contribution in [0.2, 0.25) is 0 Å². The highest BCUT2D eigenvalue weighted by molar-refractivity contribution is 9.10. The van der Waals surface area contributed by atoms with Gasteiger partial charge in [-0.1, -0.05) is 30.3 Å². The number of aliphatic hydroxyl groups excluding tert-OH is 3. The average molecular weight is 308 g/mol. The molecule has 96 valence electrons. The van der Waals surface area contributed by atoms with E-state index in [1.54, 1.807) is 0 Å². The van der Waals surface area contributed by atoms with Gasteiger partial charge in [0.2, 0.25) is 0 Å². The van der Waals surface area contributed by atoms with Crippen LogP contribution < -0.4 is 0 Å².